The normalized spacial score (nSPS) is 10.8. The molecule has 3 aromatic heterocycles. The van der Waals surface area contributed by atoms with Gasteiger partial charge in [-0.1, -0.05) is 11.6 Å². The van der Waals surface area contributed by atoms with Gasteiger partial charge in [-0.15, -0.1) is 11.3 Å². The molecule has 0 aliphatic heterocycles. The molecule has 0 unspecified atom stereocenters. The molecule has 19 heavy (non-hydrogen) atoms. The van der Waals surface area contributed by atoms with Gasteiger partial charge >= 0.3 is 0 Å². The highest BCUT2D eigenvalue weighted by Crippen LogP contribution is 2.33. The predicted molar refractivity (Wildman–Crippen MR) is 80.3 cm³/mol. The Morgan fingerprint density at radius 3 is 2.89 bits per heavy atom. The van der Waals surface area contributed by atoms with E-state index in [2.05, 4.69) is 20.3 Å². The number of halogens is 1. The van der Waals surface area contributed by atoms with Crippen LogP contribution >= 0.6 is 34.7 Å². The molecule has 0 atom stereocenters. The number of anilines is 1. The second kappa shape index (κ2) is 5.32. The number of nitrogens with zero attached hydrogens (tertiary/aromatic N) is 3. The summed E-state index contributed by atoms with van der Waals surface area (Å²) in [5.74, 6) is 0.617. The maximum Gasteiger partial charge on any atom is 0.224 e. The summed E-state index contributed by atoms with van der Waals surface area (Å²) in [4.78, 5) is 14.1. The van der Waals surface area contributed by atoms with E-state index in [0.29, 0.717) is 11.0 Å². The molecule has 3 aromatic rings. The van der Waals surface area contributed by atoms with Crippen molar-refractivity contribution in [2.24, 2.45) is 0 Å². The Balaban J connectivity index is 2.03. The molecule has 7 heteroatoms. The highest BCUT2D eigenvalue weighted by atomic mass is 35.5. The summed E-state index contributed by atoms with van der Waals surface area (Å²) in [7, 11) is 1.81. The minimum Gasteiger partial charge on any atom is -0.357 e. The molecule has 0 saturated carbocycles. The zero-order valence-electron chi connectivity index (χ0n) is 9.92. The van der Waals surface area contributed by atoms with Gasteiger partial charge in [0.15, 0.2) is 0 Å². The third-order valence-corrected chi connectivity index (χ3v) is 4.40. The average Bonchev–Trinajstić information content (AvgIpc) is 2.89. The second-order valence-electron chi connectivity index (χ2n) is 3.66. The third-order valence-electron chi connectivity index (χ3n) is 2.42. The van der Waals surface area contributed by atoms with E-state index < -0.39 is 0 Å². The van der Waals surface area contributed by atoms with Crippen molar-refractivity contribution in [2.45, 2.75) is 10.1 Å². The van der Waals surface area contributed by atoms with Gasteiger partial charge in [0.25, 0.3) is 0 Å². The number of thiophene rings is 1. The SMILES string of the molecule is CNc1nc(Sc2ccc(Cl)cn2)c2ccsc2n1. The van der Waals surface area contributed by atoms with E-state index >= 15 is 0 Å². The van der Waals surface area contributed by atoms with Gasteiger partial charge in [-0.05, 0) is 35.3 Å². The summed E-state index contributed by atoms with van der Waals surface area (Å²) in [6, 6.07) is 5.73. The number of rotatable bonds is 3. The van der Waals surface area contributed by atoms with Crippen LogP contribution in [0.3, 0.4) is 0 Å². The Bertz CT molecular complexity index is 711. The van der Waals surface area contributed by atoms with Crippen molar-refractivity contribution >= 4 is 50.9 Å². The first-order valence-corrected chi connectivity index (χ1v) is 7.56. The summed E-state index contributed by atoms with van der Waals surface area (Å²) >= 11 is 8.94. The summed E-state index contributed by atoms with van der Waals surface area (Å²) in [5.41, 5.74) is 0. The van der Waals surface area contributed by atoms with E-state index in [1.54, 1.807) is 17.5 Å². The van der Waals surface area contributed by atoms with E-state index in [1.165, 1.54) is 11.8 Å². The average molecular weight is 309 g/mol. The Morgan fingerprint density at radius 1 is 1.26 bits per heavy atom. The molecule has 3 rings (SSSR count). The zero-order chi connectivity index (χ0) is 13.2. The van der Waals surface area contributed by atoms with Crippen LogP contribution in [-0.2, 0) is 0 Å². The van der Waals surface area contributed by atoms with Crippen molar-refractivity contribution in [2.75, 3.05) is 12.4 Å². The van der Waals surface area contributed by atoms with E-state index in [0.717, 1.165) is 20.3 Å². The van der Waals surface area contributed by atoms with Crippen molar-refractivity contribution in [3.05, 3.63) is 34.8 Å². The van der Waals surface area contributed by atoms with Gasteiger partial charge in [0.1, 0.15) is 14.9 Å². The molecular formula is C12H9ClN4S2. The largest absolute Gasteiger partial charge is 0.357 e. The Labute approximate surface area is 123 Å². The van der Waals surface area contributed by atoms with E-state index in [9.17, 15) is 0 Å². The van der Waals surface area contributed by atoms with E-state index in [-0.39, 0.29) is 0 Å². The molecular weight excluding hydrogens is 300 g/mol. The van der Waals surface area contributed by atoms with Crippen LogP contribution in [0.4, 0.5) is 5.95 Å². The van der Waals surface area contributed by atoms with Gasteiger partial charge in [0.05, 0.1) is 5.02 Å². The van der Waals surface area contributed by atoms with Crippen LogP contribution in [0, 0.1) is 0 Å². The number of aromatic nitrogens is 3. The van der Waals surface area contributed by atoms with Crippen molar-refractivity contribution in [1.29, 1.82) is 0 Å². The summed E-state index contributed by atoms with van der Waals surface area (Å²) < 4.78 is 0. The van der Waals surface area contributed by atoms with Gasteiger partial charge in [0, 0.05) is 18.6 Å². The topological polar surface area (TPSA) is 50.7 Å². The van der Waals surface area contributed by atoms with E-state index in [1.807, 2.05) is 30.6 Å². The minimum atomic E-state index is 0.617. The molecule has 0 spiro atoms. The Hall–Kier alpha value is -1.37. The van der Waals surface area contributed by atoms with Gasteiger partial charge < -0.3 is 5.32 Å². The monoisotopic (exact) mass is 308 g/mol. The molecule has 0 saturated heterocycles. The first kappa shape index (κ1) is 12.7. The highest BCUT2D eigenvalue weighted by Gasteiger charge is 2.10. The molecule has 96 valence electrons. The lowest BCUT2D eigenvalue weighted by Gasteiger charge is -2.04. The lowest BCUT2D eigenvalue weighted by atomic mass is 10.4. The Morgan fingerprint density at radius 2 is 2.16 bits per heavy atom. The molecule has 0 radical (unpaired) electrons. The van der Waals surface area contributed by atoms with Crippen LogP contribution in [0.15, 0.2) is 39.8 Å². The van der Waals surface area contributed by atoms with Crippen LogP contribution in [0.5, 0.6) is 0 Å². The van der Waals surface area contributed by atoms with Gasteiger partial charge in [-0.2, -0.15) is 0 Å². The molecule has 3 heterocycles. The maximum atomic E-state index is 5.83. The predicted octanol–water partition coefficient (Wildman–Crippen LogP) is 3.93. The van der Waals surface area contributed by atoms with Gasteiger partial charge in [-0.3, -0.25) is 0 Å². The number of nitrogens with one attached hydrogen (secondary N) is 1. The first-order chi connectivity index (χ1) is 9.26. The van der Waals surface area contributed by atoms with Crippen LogP contribution in [0.1, 0.15) is 0 Å². The fourth-order valence-electron chi connectivity index (χ4n) is 1.54. The molecule has 0 bridgehead atoms. The molecule has 0 aliphatic rings. The quantitative estimate of drug-likeness (QED) is 0.743. The molecule has 1 N–H and O–H groups in total. The molecule has 0 fully saturated rings. The molecule has 0 amide bonds. The van der Waals surface area contributed by atoms with Crippen LogP contribution in [0.2, 0.25) is 5.02 Å². The highest BCUT2D eigenvalue weighted by molar-refractivity contribution is 7.99. The number of fused-ring (bicyclic) bond motifs is 1. The molecule has 0 aliphatic carbocycles. The van der Waals surface area contributed by atoms with Crippen molar-refractivity contribution in [3.63, 3.8) is 0 Å². The van der Waals surface area contributed by atoms with Crippen LogP contribution in [-0.4, -0.2) is 22.0 Å². The second-order valence-corrected chi connectivity index (χ2v) is 6.00. The molecule has 4 nitrogen and oxygen atoms in total. The first-order valence-electron chi connectivity index (χ1n) is 5.48. The zero-order valence-corrected chi connectivity index (χ0v) is 12.3. The van der Waals surface area contributed by atoms with Crippen molar-refractivity contribution in [1.82, 2.24) is 15.0 Å². The van der Waals surface area contributed by atoms with Crippen LogP contribution in [0.25, 0.3) is 10.2 Å². The number of hydrogen-bond acceptors (Lipinski definition) is 6. The smallest absolute Gasteiger partial charge is 0.224 e. The lowest BCUT2D eigenvalue weighted by molar-refractivity contribution is 1.08. The van der Waals surface area contributed by atoms with E-state index in [4.69, 9.17) is 11.6 Å². The van der Waals surface area contributed by atoms with Crippen molar-refractivity contribution in [3.8, 4) is 0 Å². The number of hydrogen-bond donors (Lipinski definition) is 1. The maximum absolute atomic E-state index is 5.83. The fraction of sp³-hybridized carbons (Fsp3) is 0.0833. The van der Waals surface area contributed by atoms with Crippen LogP contribution < -0.4 is 5.32 Å². The minimum absolute atomic E-state index is 0.617. The summed E-state index contributed by atoms with van der Waals surface area (Å²) in [6.07, 6.45) is 1.63. The fourth-order valence-corrected chi connectivity index (χ4v) is 3.33. The third kappa shape index (κ3) is 2.65. The van der Waals surface area contributed by atoms with Crippen molar-refractivity contribution < 1.29 is 0 Å². The van der Waals surface area contributed by atoms with Gasteiger partial charge in [-0.25, -0.2) is 15.0 Å². The Kier molecular flexibility index (Phi) is 3.54. The summed E-state index contributed by atoms with van der Waals surface area (Å²) in [5, 5.41) is 8.41. The standard InChI is InChI=1S/C12H9ClN4S2/c1-14-12-16-10-8(4-5-18-10)11(17-12)19-9-3-2-7(13)6-15-9/h2-6H,1H3,(H,14,16,17). The summed E-state index contributed by atoms with van der Waals surface area (Å²) in [6.45, 7) is 0. The molecule has 0 aromatic carbocycles. The lowest BCUT2D eigenvalue weighted by Crippen LogP contribution is -1.97. The number of pyridine rings is 1. The van der Waals surface area contributed by atoms with Gasteiger partial charge in [0.2, 0.25) is 5.95 Å².